The van der Waals surface area contributed by atoms with Gasteiger partial charge in [0.05, 0.1) is 5.60 Å². The van der Waals surface area contributed by atoms with Crippen molar-refractivity contribution in [3.8, 4) is 0 Å². The second-order valence-corrected chi connectivity index (χ2v) is 4.37. The summed E-state index contributed by atoms with van der Waals surface area (Å²) in [5.74, 6) is 0.851. The molecule has 0 aromatic heterocycles. The first-order valence-corrected chi connectivity index (χ1v) is 4.63. The molecule has 0 bridgehead atoms. The standard InChI is InChI=1S/C10H18O2/c1-8(11)6-9-4-5-12-10(2,3)7-9/h9H,4-7H2,1-3H3. The molecule has 1 atom stereocenters. The molecule has 70 valence electrons. The minimum atomic E-state index is -0.0155. The van der Waals surface area contributed by atoms with E-state index < -0.39 is 0 Å². The van der Waals surface area contributed by atoms with Crippen LogP contribution in [0.15, 0.2) is 0 Å². The number of ether oxygens (including phenoxy) is 1. The van der Waals surface area contributed by atoms with Crippen LogP contribution in [0, 0.1) is 5.92 Å². The lowest BCUT2D eigenvalue weighted by Crippen LogP contribution is -2.34. The lowest BCUT2D eigenvalue weighted by atomic mass is 9.85. The van der Waals surface area contributed by atoms with Gasteiger partial charge in [-0.1, -0.05) is 0 Å². The van der Waals surface area contributed by atoms with Crippen molar-refractivity contribution in [3.63, 3.8) is 0 Å². The molecule has 1 heterocycles. The molecule has 0 saturated carbocycles. The van der Waals surface area contributed by atoms with Gasteiger partial charge in [0.15, 0.2) is 0 Å². The fraction of sp³-hybridized carbons (Fsp3) is 0.900. The number of Topliss-reactive ketones (excluding diaryl/α,β-unsaturated/α-hetero) is 1. The Hall–Kier alpha value is -0.370. The number of hydrogen-bond acceptors (Lipinski definition) is 2. The molecule has 1 aliphatic rings. The number of hydrogen-bond donors (Lipinski definition) is 0. The van der Waals surface area contributed by atoms with Gasteiger partial charge < -0.3 is 9.53 Å². The summed E-state index contributed by atoms with van der Waals surface area (Å²) in [6.07, 6.45) is 2.79. The molecule has 1 aliphatic heterocycles. The largest absolute Gasteiger partial charge is 0.376 e. The molecular weight excluding hydrogens is 152 g/mol. The van der Waals surface area contributed by atoms with Crippen molar-refractivity contribution in [1.29, 1.82) is 0 Å². The molecule has 12 heavy (non-hydrogen) atoms. The summed E-state index contributed by atoms with van der Waals surface area (Å²) in [4.78, 5) is 10.9. The van der Waals surface area contributed by atoms with Gasteiger partial charge in [0, 0.05) is 13.0 Å². The number of carbonyl (C=O) groups excluding carboxylic acids is 1. The van der Waals surface area contributed by atoms with Gasteiger partial charge in [0.1, 0.15) is 5.78 Å². The molecule has 0 amide bonds. The maximum atomic E-state index is 10.9. The second-order valence-electron chi connectivity index (χ2n) is 4.37. The summed E-state index contributed by atoms with van der Waals surface area (Å²) in [5, 5.41) is 0. The number of rotatable bonds is 2. The molecule has 1 saturated heterocycles. The van der Waals surface area contributed by atoms with Crippen LogP contribution in [0.3, 0.4) is 0 Å². The van der Waals surface area contributed by atoms with E-state index >= 15 is 0 Å². The summed E-state index contributed by atoms with van der Waals surface area (Å²) >= 11 is 0. The Morgan fingerprint density at radius 2 is 2.25 bits per heavy atom. The SMILES string of the molecule is CC(=O)CC1CCOC(C)(C)C1. The van der Waals surface area contributed by atoms with Crippen LogP contribution in [0.4, 0.5) is 0 Å². The van der Waals surface area contributed by atoms with Crippen molar-refractivity contribution >= 4 is 5.78 Å². The average molecular weight is 170 g/mol. The maximum Gasteiger partial charge on any atom is 0.130 e. The minimum absolute atomic E-state index is 0.0155. The summed E-state index contributed by atoms with van der Waals surface area (Å²) in [7, 11) is 0. The van der Waals surface area contributed by atoms with Crippen LogP contribution in [-0.2, 0) is 9.53 Å². The van der Waals surface area contributed by atoms with Crippen LogP contribution in [0.2, 0.25) is 0 Å². The molecule has 1 rings (SSSR count). The molecule has 0 spiro atoms. The van der Waals surface area contributed by atoms with E-state index in [2.05, 4.69) is 13.8 Å². The summed E-state index contributed by atoms with van der Waals surface area (Å²) in [6, 6.07) is 0. The van der Waals surface area contributed by atoms with Gasteiger partial charge in [-0.05, 0) is 39.5 Å². The predicted molar refractivity (Wildman–Crippen MR) is 48.1 cm³/mol. The van der Waals surface area contributed by atoms with Crippen molar-refractivity contribution < 1.29 is 9.53 Å². The van der Waals surface area contributed by atoms with Gasteiger partial charge in [-0.15, -0.1) is 0 Å². The van der Waals surface area contributed by atoms with Crippen LogP contribution >= 0.6 is 0 Å². The molecule has 1 fully saturated rings. The van der Waals surface area contributed by atoms with Gasteiger partial charge in [-0.25, -0.2) is 0 Å². The zero-order chi connectivity index (χ0) is 9.19. The van der Waals surface area contributed by atoms with E-state index in [1.807, 2.05) is 0 Å². The third-order valence-corrected chi connectivity index (χ3v) is 2.38. The van der Waals surface area contributed by atoms with E-state index in [1.165, 1.54) is 0 Å². The Labute approximate surface area is 74.3 Å². The highest BCUT2D eigenvalue weighted by Gasteiger charge is 2.29. The molecule has 0 aliphatic carbocycles. The Kier molecular flexibility index (Phi) is 2.89. The highest BCUT2D eigenvalue weighted by atomic mass is 16.5. The summed E-state index contributed by atoms with van der Waals surface area (Å²) in [6.45, 7) is 6.67. The van der Waals surface area contributed by atoms with Crippen LogP contribution in [-0.4, -0.2) is 18.0 Å². The molecule has 2 nitrogen and oxygen atoms in total. The molecule has 0 radical (unpaired) electrons. The van der Waals surface area contributed by atoms with Crippen LogP contribution in [0.1, 0.15) is 40.0 Å². The Bertz CT molecular complexity index is 173. The van der Waals surface area contributed by atoms with Crippen molar-refractivity contribution in [2.45, 2.75) is 45.6 Å². The lowest BCUT2D eigenvalue weighted by molar-refractivity contribution is -0.120. The normalized spacial score (nSPS) is 28.4. The molecule has 1 unspecified atom stereocenters. The minimum Gasteiger partial charge on any atom is -0.376 e. The van der Waals surface area contributed by atoms with Crippen molar-refractivity contribution in [2.75, 3.05) is 6.61 Å². The average Bonchev–Trinajstić information content (AvgIpc) is 1.82. The van der Waals surface area contributed by atoms with Crippen molar-refractivity contribution in [1.82, 2.24) is 0 Å². The third-order valence-electron chi connectivity index (χ3n) is 2.38. The first kappa shape index (κ1) is 9.72. The van der Waals surface area contributed by atoms with E-state index in [0.29, 0.717) is 11.7 Å². The summed E-state index contributed by atoms with van der Waals surface area (Å²) in [5.41, 5.74) is -0.0155. The van der Waals surface area contributed by atoms with E-state index in [9.17, 15) is 4.79 Å². The quantitative estimate of drug-likeness (QED) is 0.635. The van der Waals surface area contributed by atoms with E-state index in [0.717, 1.165) is 25.9 Å². The number of ketones is 1. The van der Waals surface area contributed by atoms with Crippen molar-refractivity contribution in [2.24, 2.45) is 5.92 Å². The van der Waals surface area contributed by atoms with E-state index in [4.69, 9.17) is 4.74 Å². The third kappa shape index (κ3) is 2.94. The highest BCUT2D eigenvalue weighted by Crippen LogP contribution is 2.30. The smallest absolute Gasteiger partial charge is 0.130 e. The van der Waals surface area contributed by atoms with E-state index in [1.54, 1.807) is 6.92 Å². The maximum absolute atomic E-state index is 10.9. The Morgan fingerprint density at radius 1 is 1.58 bits per heavy atom. The van der Waals surface area contributed by atoms with Gasteiger partial charge in [0.2, 0.25) is 0 Å². The fourth-order valence-electron chi connectivity index (χ4n) is 1.94. The van der Waals surface area contributed by atoms with Gasteiger partial charge >= 0.3 is 0 Å². The van der Waals surface area contributed by atoms with Crippen molar-refractivity contribution in [3.05, 3.63) is 0 Å². The topological polar surface area (TPSA) is 26.3 Å². The van der Waals surface area contributed by atoms with Gasteiger partial charge in [-0.3, -0.25) is 0 Å². The highest BCUT2D eigenvalue weighted by molar-refractivity contribution is 5.75. The molecule has 0 aromatic carbocycles. The van der Waals surface area contributed by atoms with Gasteiger partial charge in [-0.2, -0.15) is 0 Å². The predicted octanol–water partition coefficient (Wildman–Crippen LogP) is 2.17. The van der Waals surface area contributed by atoms with Gasteiger partial charge in [0.25, 0.3) is 0 Å². The molecule has 2 heteroatoms. The first-order chi connectivity index (χ1) is 5.49. The first-order valence-electron chi connectivity index (χ1n) is 4.63. The molecule has 0 N–H and O–H groups in total. The Balaban J connectivity index is 2.41. The molecular formula is C10H18O2. The Morgan fingerprint density at radius 3 is 2.75 bits per heavy atom. The monoisotopic (exact) mass is 170 g/mol. The second kappa shape index (κ2) is 3.56. The van der Waals surface area contributed by atoms with E-state index in [-0.39, 0.29) is 5.60 Å². The van der Waals surface area contributed by atoms with Crippen LogP contribution < -0.4 is 0 Å². The van der Waals surface area contributed by atoms with Crippen LogP contribution in [0.25, 0.3) is 0 Å². The zero-order valence-corrected chi connectivity index (χ0v) is 8.22. The number of carbonyl (C=O) groups is 1. The van der Waals surface area contributed by atoms with Crippen LogP contribution in [0.5, 0.6) is 0 Å². The molecule has 0 aromatic rings. The lowest BCUT2D eigenvalue weighted by Gasteiger charge is -2.35. The fourth-order valence-corrected chi connectivity index (χ4v) is 1.94. The summed E-state index contributed by atoms with van der Waals surface area (Å²) < 4.78 is 5.57. The zero-order valence-electron chi connectivity index (χ0n) is 8.22.